The normalized spacial score (nSPS) is 11.0. The zero-order chi connectivity index (χ0) is 24.0. The molecule has 0 aromatic heterocycles. The Morgan fingerprint density at radius 1 is 1.18 bits per heavy atom. The molecule has 0 atom stereocenters. The molecule has 0 unspecified atom stereocenters. The standard InChI is InChI=1S/C25H19Br2ClN2O3/c1-15-21(28)4-3-5-22(15)30-25(31)18(13-29)10-17-11-20(27)24(23(12-17)32-2)33-14-16-6-8-19(26)9-7-16/h3-12H,14H2,1-2H3,(H,30,31)/b18-10-. The Labute approximate surface area is 214 Å². The molecule has 5 nitrogen and oxygen atoms in total. The SMILES string of the molecule is COc1cc(/C=C(/C#N)C(=O)Nc2cccc(Cl)c2C)cc(Br)c1OCc1ccc(Br)cc1. The first-order valence-corrected chi connectivity index (χ1v) is 11.7. The molecule has 0 aliphatic heterocycles. The number of carbonyl (C=O) groups excluding carboxylic acids is 1. The second-order valence-electron chi connectivity index (χ2n) is 6.99. The number of benzene rings is 3. The highest BCUT2D eigenvalue weighted by Gasteiger charge is 2.15. The number of hydrogen-bond donors (Lipinski definition) is 1. The summed E-state index contributed by atoms with van der Waals surface area (Å²) in [4.78, 5) is 12.7. The number of nitriles is 1. The van der Waals surface area contributed by atoms with Gasteiger partial charge < -0.3 is 14.8 Å². The van der Waals surface area contributed by atoms with E-state index < -0.39 is 5.91 Å². The van der Waals surface area contributed by atoms with Crippen LogP contribution in [0.4, 0.5) is 5.69 Å². The molecule has 1 N–H and O–H groups in total. The number of amides is 1. The number of anilines is 1. The smallest absolute Gasteiger partial charge is 0.266 e. The van der Waals surface area contributed by atoms with Gasteiger partial charge in [-0.2, -0.15) is 5.26 Å². The molecular formula is C25H19Br2ClN2O3. The van der Waals surface area contributed by atoms with Gasteiger partial charge in [0, 0.05) is 15.2 Å². The summed E-state index contributed by atoms with van der Waals surface area (Å²) >= 11 is 13.0. The number of halogens is 3. The van der Waals surface area contributed by atoms with Crippen LogP contribution in [0.3, 0.4) is 0 Å². The molecule has 0 aliphatic rings. The summed E-state index contributed by atoms with van der Waals surface area (Å²) in [5, 5.41) is 12.8. The third-order valence-corrected chi connectivity index (χ3v) is 6.27. The fraction of sp³-hybridized carbons (Fsp3) is 0.120. The monoisotopic (exact) mass is 588 g/mol. The summed E-state index contributed by atoms with van der Waals surface area (Å²) in [6.45, 7) is 2.14. The molecular weight excluding hydrogens is 572 g/mol. The average Bonchev–Trinajstić information content (AvgIpc) is 2.80. The van der Waals surface area contributed by atoms with Crippen LogP contribution in [-0.2, 0) is 11.4 Å². The van der Waals surface area contributed by atoms with E-state index in [4.69, 9.17) is 21.1 Å². The van der Waals surface area contributed by atoms with E-state index in [1.165, 1.54) is 13.2 Å². The van der Waals surface area contributed by atoms with Crippen molar-refractivity contribution in [3.05, 3.63) is 90.8 Å². The molecule has 8 heteroatoms. The van der Waals surface area contributed by atoms with Gasteiger partial charge in [-0.3, -0.25) is 4.79 Å². The van der Waals surface area contributed by atoms with Crippen LogP contribution < -0.4 is 14.8 Å². The zero-order valence-electron chi connectivity index (χ0n) is 17.8. The predicted molar refractivity (Wildman–Crippen MR) is 138 cm³/mol. The molecule has 0 heterocycles. The molecule has 0 saturated heterocycles. The first-order valence-electron chi connectivity index (χ1n) is 9.75. The minimum absolute atomic E-state index is 0.0631. The van der Waals surface area contributed by atoms with Gasteiger partial charge in [0.15, 0.2) is 11.5 Å². The van der Waals surface area contributed by atoms with E-state index >= 15 is 0 Å². The Kier molecular flexibility index (Phi) is 8.56. The van der Waals surface area contributed by atoms with E-state index in [1.54, 1.807) is 37.3 Å². The number of nitrogens with one attached hydrogen (secondary N) is 1. The second-order valence-corrected chi connectivity index (χ2v) is 9.16. The topological polar surface area (TPSA) is 71.3 Å². The van der Waals surface area contributed by atoms with Crippen molar-refractivity contribution in [3.63, 3.8) is 0 Å². The quantitative estimate of drug-likeness (QED) is 0.231. The van der Waals surface area contributed by atoms with Crippen molar-refractivity contribution in [2.45, 2.75) is 13.5 Å². The maximum absolute atomic E-state index is 12.7. The maximum Gasteiger partial charge on any atom is 0.266 e. The van der Waals surface area contributed by atoms with Crippen LogP contribution in [-0.4, -0.2) is 13.0 Å². The van der Waals surface area contributed by atoms with Crippen LogP contribution in [0, 0.1) is 18.3 Å². The van der Waals surface area contributed by atoms with Crippen molar-refractivity contribution in [1.29, 1.82) is 5.26 Å². The molecule has 3 aromatic rings. The van der Waals surface area contributed by atoms with Gasteiger partial charge in [0.05, 0.1) is 11.6 Å². The molecule has 0 saturated carbocycles. The third-order valence-electron chi connectivity index (χ3n) is 4.74. The molecule has 0 aliphatic carbocycles. The van der Waals surface area contributed by atoms with Crippen LogP contribution >= 0.6 is 43.5 Å². The first kappa shape index (κ1) is 24.8. The second kappa shape index (κ2) is 11.4. The number of methoxy groups -OCH3 is 1. The molecule has 3 aromatic carbocycles. The van der Waals surface area contributed by atoms with Gasteiger partial charge in [0.2, 0.25) is 0 Å². The fourth-order valence-electron chi connectivity index (χ4n) is 2.95. The minimum Gasteiger partial charge on any atom is -0.493 e. The molecule has 33 heavy (non-hydrogen) atoms. The van der Waals surface area contributed by atoms with Crippen molar-refractivity contribution in [2.24, 2.45) is 0 Å². The van der Waals surface area contributed by atoms with Crippen LogP contribution in [0.1, 0.15) is 16.7 Å². The summed E-state index contributed by atoms with van der Waals surface area (Å²) in [5.41, 5.74) is 2.80. The number of ether oxygens (including phenoxy) is 2. The van der Waals surface area contributed by atoms with Crippen molar-refractivity contribution in [1.82, 2.24) is 0 Å². The molecule has 0 spiro atoms. The summed E-state index contributed by atoms with van der Waals surface area (Å²) in [6.07, 6.45) is 1.49. The largest absolute Gasteiger partial charge is 0.493 e. The number of nitrogens with zero attached hydrogens (tertiary/aromatic N) is 1. The Morgan fingerprint density at radius 2 is 1.91 bits per heavy atom. The lowest BCUT2D eigenvalue weighted by Crippen LogP contribution is -2.14. The Morgan fingerprint density at radius 3 is 2.58 bits per heavy atom. The van der Waals surface area contributed by atoms with Crippen molar-refractivity contribution >= 4 is 61.1 Å². The number of rotatable bonds is 7. The fourth-order valence-corrected chi connectivity index (χ4v) is 3.96. The lowest BCUT2D eigenvalue weighted by atomic mass is 10.1. The highest BCUT2D eigenvalue weighted by molar-refractivity contribution is 9.10. The van der Waals surface area contributed by atoms with Crippen LogP contribution in [0.5, 0.6) is 11.5 Å². The summed E-state index contributed by atoms with van der Waals surface area (Å²) in [7, 11) is 1.53. The molecule has 3 rings (SSSR count). The van der Waals surface area contributed by atoms with E-state index in [0.29, 0.717) is 38.9 Å². The van der Waals surface area contributed by atoms with Gasteiger partial charge in [-0.15, -0.1) is 0 Å². The number of carbonyl (C=O) groups is 1. The van der Waals surface area contributed by atoms with E-state index in [-0.39, 0.29) is 5.57 Å². The summed E-state index contributed by atoms with van der Waals surface area (Å²) in [6, 6.07) is 18.4. The van der Waals surface area contributed by atoms with Gasteiger partial charge in [-0.1, -0.05) is 45.7 Å². The van der Waals surface area contributed by atoms with Crippen molar-refractivity contribution in [2.75, 3.05) is 12.4 Å². The van der Waals surface area contributed by atoms with Gasteiger partial charge in [0.1, 0.15) is 18.2 Å². The first-order chi connectivity index (χ1) is 15.8. The van der Waals surface area contributed by atoms with Crippen LogP contribution in [0.15, 0.2) is 69.1 Å². The van der Waals surface area contributed by atoms with Crippen LogP contribution in [0.25, 0.3) is 6.08 Å². The van der Waals surface area contributed by atoms with Gasteiger partial charge in [-0.25, -0.2) is 0 Å². The van der Waals surface area contributed by atoms with E-state index in [2.05, 4.69) is 37.2 Å². The zero-order valence-corrected chi connectivity index (χ0v) is 21.7. The van der Waals surface area contributed by atoms with Crippen molar-refractivity contribution in [3.8, 4) is 17.6 Å². The predicted octanol–water partition coefficient (Wildman–Crippen LogP) is 7.31. The average molecular weight is 591 g/mol. The molecule has 0 bridgehead atoms. The Balaban J connectivity index is 1.83. The molecule has 0 fully saturated rings. The van der Waals surface area contributed by atoms with E-state index in [1.807, 2.05) is 30.3 Å². The lowest BCUT2D eigenvalue weighted by Gasteiger charge is -2.14. The van der Waals surface area contributed by atoms with Gasteiger partial charge in [-0.05, 0) is 82.0 Å². The highest BCUT2D eigenvalue weighted by atomic mass is 79.9. The van der Waals surface area contributed by atoms with Crippen molar-refractivity contribution < 1.29 is 14.3 Å². The van der Waals surface area contributed by atoms with E-state index in [9.17, 15) is 10.1 Å². The molecule has 168 valence electrons. The Bertz CT molecular complexity index is 1250. The maximum atomic E-state index is 12.7. The lowest BCUT2D eigenvalue weighted by molar-refractivity contribution is -0.112. The van der Waals surface area contributed by atoms with Gasteiger partial charge in [0.25, 0.3) is 5.91 Å². The third kappa shape index (κ3) is 6.38. The van der Waals surface area contributed by atoms with E-state index in [0.717, 1.165) is 15.6 Å². The highest BCUT2D eigenvalue weighted by Crippen LogP contribution is 2.38. The Hall–Kier alpha value is -2.79. The minimum atomic E-state index is -0.534. The van der Waals surface area contributed by atoms with Gasteiger partial charge >= 0.3 is 0 Å². The van der Waals surface area contributed by atoms with Crippen LogP contribution in [0.2, 0.25) is 5.02 Å². The number of hydrogen-bond acceptors (Lipinski definition) is 4. The summed E-state index contributed by atoms with van der Waals surface area (Å²) < 4.78 is 13.1. The summed E-state index contributed by atoms with van der Waals surface area (Å²) in [5.74, 6) is 0.458. The molecule has 0 radical (unpaired) electrons. The molecule has 1 amide bonds.